The maximum atomic E-state index is 12.3. The van der Waals surface area contributed by atoms with E-state index in [0.29, 0.717) is 18.3 Å². The van der Waals surface area contributed by atoms with Gasteiger partial charge in [0.2, 0.25) is 10.0 Å². The normalized spacial score (nSPS) is 20.3. The Hall–Kier alpha value is -0.850. The molecule has 2 rings (SSSR count). The van der Waals surface area contributed by atoms with Crippen LogP contribution in [-0.4, -0.2) is 27.0 Å². The van der Waals surface area contributed by atoms with E-state index in [1.165, 1.54) is 12.3 Å². The van der Waals surface area contributed by atoms with Crippen LogP contribution >= 0.6 is 11.6 Å². The average Bonchev–Trinajstić information content (AvgIpc) is 2.77. The number of halogens is 1. The molecule has 1 aromatic rings. The van der Waals surface area contributed by atoms with Crippen molar-refractivity contribution in [1.29, 1.82) is 0 Å². The Morgan fingerprint density at radius 3 is 2.29 bits per heavy atom. The van der Waals surface area contributed by atoms with Crippen LogP contribution < -0.4 is 10.0 Å². The molecule has 1 aliphatic rings. The number of anilines is 1. The maximum Gasteiger partial charge on any atom is 0.242 e. The molecule has 0 saturated heterocycles. The number of rotatable bonds is 5. The number of nitrogens with zero attached hydrogens (tertiary/aromatic N) is 1. The molecule has 0 atom stereocenters. The molecule has 1 aromatic heterocycles. The summed E-state index contributed by atoms with van der Waals surface area (Å²) in [5, 5.41) is 3.08. The Morgan fingerprint density at radius 2 is 1.86 bits per heavy atom. The Balaban J connectivity index is 2.12. The third-order valence-electron chi connectivity index (χ3n) is 5.16. The zero-order valence-electron chi connectivity index (χ0n) is 13.0. The number of pyridine rings is 1. The molecule has 0 spiro atoms. The van der Waals surface area contributed by atoms with Crippen LogP contribution in [-0.2, 0) is 10.0 Å². The molecule has 1 aliphatic carbocycles. The molecule has 0 aliphatic heterocycles. The standard InChI is InChI=1S/C14H22ClN3O2S/c1-13(2)11(14(13,3)4)8-18-21(19,20)9-6-10(15)12(16-5)17-7-9/h6-7,11,18H,8H2,1-5H3,(H,16,17). The van der Waals surface area contributed by atoms with E-state index in [0.717, 1.165) is 0 Å². The van der Waals surface area contributed by atoms with Crippen LogP contribution in [0.1, 0.15) is 27.7 Å². The van der Waals surface area contributed by atoms with Gasteiger partial charge >= 0.3 is 0 Å². The summed E-state index contributed by atoms with van der Waals surface area (Å²) in [6.07, 6.45) is 1.31. The van der Waals surface area contributed by atoms with Crippen molar-refractivity contribution in [2.45, 2.75) is 32.6 Å². The van der Waals surface area contributed by atoms with Gasteiger partial charge in [-0.15, -0.1) is 0 Å². The lowest BCUT2D eigenvalue weighted by Crippen LogP contribution is -2.27. The summed E-state index contributed by atoms with van der Waals surface area (Å²) in [7, 11) is -1.91. The molecule has 0 unspecified atom stereocenters. The molecular weight excluding hydrogens is 310 g/mol. The van der Waals surface area contributed by atoms with Crippen molar-refractivity contribution in [2.75, 3.05) is 18.9 Å². The summed E-state index contributed by atoms with van der Waals surface area (Å²) in [4.78, 5) is 4.09. The Morgan fingerprint density at radius 1 is 1.29 bits per heavy atom. The topological polar surface area (TPSA) is 71.1 Å². The SMILES string of the molecule is CNc1ncc(S(=O)(=O)NCC2C(C)(C)C2(C)C)cc1Cl. The highest BCUT2D eigenvalue weighted by molar-refractivity contribution is 7.89. The van der Waals surface area contributed by atoms with Crippen molar-refractivity contribution in [3.05, 3.63) is 17.3 Å². The highest BCUT2D eigenvalue weighted by Gasteiger charge is 2.64. The number of sulfonamides is 1. The highest BCUT2D eigenvalue weighted by Crippen LogP contribution is 2.67. The first-order chi connectivity index (χ1) is 9.54. The van der Waals surface area contributed by atoms with Crippen LogP contribution in [0.25, 0.3) is 0 Å². The van der Waals surface area contributed by atoms with E-state index in [1.54, 1.807) is 7.05 Å². The predicted octanol–water partition coefficient (Wildman–Crippen LogP) is 2.74. The lowest BCUT2D eigenvalue weighted by Gasteiger charge is -2.09. The highest BCUT2D eigenvalue weighted by atomic mass is 35.5. The molecule has 0 bridgehead atoms. The van der Waals surface area contributed by atoms with E-state index in [9.17, 15) is 8.42 Å². The van der Waals surface area contributed by atoms with Crippen molar-refractivity contribution < 1.29 is 8.42 Å². The van der Waals surface area contributed by atoms with Crippen molar-refractivity contribution in [1.82, 2.24) is 9.71 Å². The number of hydrogen-bond donors (Lipinski definition) is 2. The van der Waals surface area contributed by atoms with Crippen LogP contribution in [0.4, 0.5) is 5.82 Å². The molecule has 0 radical (unpaired) electrons. The largest absolute Gasteiger partial charge is 0.372 e. The molecule has 1 saturated carbocycles. The Bertz CT molecular complexity index is 642. The quantitative estimate of drug-likeness (QED) is 0.870. The van der Waals surface area contributed by atoms with E-state index in [2.05, 4.69) is 42.7 Å². The minimum atomic E-state index is -3.59. The fourth-order valence-corrected chi connectivity index (χ4v) is 4.21. The van der Waals surface area contributed by atoms with Gasteiger partial charge in [-0.25, -0.2) is 18.1 Å². The number of aromatic nitrogens is 1. The molecule has 118 valence electrons. The second kappa shape index (κ2) is 5.11. The summed E-state index contributed by atoms with van der Waals surface area (Å²) in [6, 6.07) is 1.41. The molecular formula is C14H22ClN3O2S. The zero-order chi connectivity index (χ0) is 16.1. The van der Waals surface area contributed by atoms with Gasteiger partial charge in [-0.2, -0.15) is 0 Å². The van der Waals surface area contributed by atoms with Gasteiger partial charge < -0.3 is 5.32 Å². The van der Waals surface area contributed by atoms with Crippen LogP contribution in [0.3, 0.4) is 0 Å². The van der Waals surface area contributed by atoms with Gasteiger partial charge in [-0.1, -0.05) is 39.3 Å². The summed E-state index contributed by atoms with van der Waals surface area (Å²) >= 11 is 5.98. The van der Waals surface area contributed by atoms with Gasteiger partial charge in [0.15, 0.2) is 0 Å². The minimum absolute atomic E-state index is 0.0859. The summed E-state index contributed by atoms with van der Waals surface area (Å²) < 4.78 is 27.3. The Labute approximate surface area is 131 Å². The first-order valence-electron chi connectivity index (χ1n) is 6.87. The van der Waals surface area contributed by atoms with Crippen molar-refractivity contribution in [3.8, 4) is 0 Å². The minimum Gasteiger partial charge on any atom is -0.372 e. The lowest BCUT2D eigenvalue weighted by atomic mass is 10.0. The van der Waals surface area contributed by atoms with Gasteiger partial charge in [-0.3, -0.25) is 0 Å². The average molecular weight is 332 g/mol. The molecule has 1 fully saturated rings. The van der Waals surface area contributed by atoms with E-state index in [4.69, 9.17) is 11.6 Å². The third-order valence-corrected chi connectivity index (χ3v) is 6.84. The second-order valence-electron chi connectivity index (χ2n) is 6.60. The predicted molar refractivity (Wildman–Crippen MR) is 85.0 cm³/mol. The lowest BCUT2D eigenvalue weighted by molar-refractivity contribution is 0.457. The van der Waals surface area contributed by atoms with E-state index in [1.807, 2.05) is 0 Å². The van der Waals surface area contributed by atoms with Crippen LogP contribution in [0.2, 0.25) is 5.02 Å². The summed E-state index contributed by atoms with van der Waals surface area (Å²) in [6.45, 7) is 9.06. The maximum absolute atomic E-state index is 12.3. The fourth-order valence-electron chi connectivity index (χ4n) is 2.87. The smallest absolute Gasteiger partial charge is 0.242 e. The van der Waals surface area contributed by atoms with Crippen molar-refractivity contribution >= 4 is 27.4 Å². The van der Waals surface area contributed by atoms with Gasteiger partial charge in [-0.05, 0) is 22.8 Å². The molecule has 21 heavy (non-hydrogen) atoms. The van der Waals surface area contributed by atoms with E-state index in [-0.39, 0.29) is 20.7 Å². The first kappa shape index (κ1) is 16.5. The van der Waals surface area contributed by atoms with Gasteiger partial charge in [0.1, 0.15) is 10.7 Å². The van der Waals surface area contributed by atoms with Crippen molar-refractivity contribution in [2.24, 2.45) is 16.7 Å². The van der Waals surface area contributed by atoms with Crippen LogP contribution in [0.15, 0.2) is 17.2 Å². The molecule has 0 amide bonds. The molecule has 5 nitrogen and oxygen atoms in total. The molecule has 1 heterocycles. The van der Waals surface area contributed by atoms with Gasteiger partial charge in [0.25, 0.3) is 0 Å². The fraction of sp³-hybridized carbons (Fsp3) is 0.643. The molecule has 7 heteroatoms. The number of nitrogens with one attached hydrogen (secondary N) is 2. The second-order valence-corrected chi connectivity index (χ2v) is 8.77. The zero-order valence-corrected chi connectivity index (χ0v) is 14.6. The van der Waals surface area contributed by atoms with Gasteiger partial charge in [0, 0.05) is 19.8 Å². The molecule has 2 N–H and O–H groups in total. The Kier molecular flexibility index (Phi) is 4.02. The van der Waals surface area contributed by atoms with Gasteiger partial charge in [0.05, 0.1) is 5.02 Å². The summed E-state index contributed by atoms with van der Waals surface area (Å²) in [5.41, 5.74) is 0.281. The number of hydrogen-bond acceptors (Lipinski definition) is 4. The van der Waals surface area contributed by atoms with Crippen molar-refractivity contribution in [3.63, 3.8) is 0 Å². The third kappa shape index (κ3) is 2.76. The van der Waals surface area contributed by atoms with Crippen LogP contribution in [0.5, 0.6) is 0 Å². The summed E-state index contributed by atoms with van der Waals surface area (Å²) in [5.74, 6) is 0.778. The van der Waals surface area contributed by atoms with E-state index < -0.39 is 10.0 Å². The van der Waals surface area contributed by atoms with Crippen LogP contribution in [0, 0.1) is 16.7 Å². The molecule has 0 aromatic carbocycles. The first-order valence-corrected chi connectivity index (χ1v) is 8.73. The monoisotopic (exact) mass is 331 g/mol. The van der Waals surface area contributed by atoms with E-state index >= 15 is 0 Å².